The van der Waals surface area contributed by atoms with Crippen LogP contribution in [-0.4, -0.2) is 186 Å². The number of ether oxygens (including phenoxy) is 4. The number of carbonyl (C=O) groups excluding carboxylic acids is 7. The number of hydrogen-bond donors (Lipinski definition) is 10. The average molecular weight is 1070 g/mol. The van der Waals surface area contributed by atoms with E-state index in [1.165, 1.54) is 51.4 Å². The Labute approximate surface area is 439 Å². The molecule has 23 nitrogen and oxygen atoms in total. The van der Waals surface area contributed by atoms with E-state index < -0.39 is 29.9 Å². The number of rotatable bonds is 51. The van der Waals surface area contributed by atoms with Crippen molar-refractivity contribution in [2.45, 2.75) is 179 Å². The van der Waals surface area contributed by atoms with Crippen molar-refractivity contribution in [1.29, 1.82) is 0 Å². The van der Waals surface area contributed by atoms with Crippen molar-refractivity contribution in [2.24, 2.45) is 0 Å². The van der Waals surface area contributed by atoms with Crippen LogP contribution >= 0.6 is 0 Å². The van der Waals surface area contributed by atoms with Crippen molar-refractivity contribution in [1.82, 2.24) is 31.9 Å². The number of unbranched alkanes of at least 4 members (excludes halogenated alkanes) is 14. The summed E-state index contributed by atoms with van der Waals surface area (Å²) in [5, 5.41) is 49.9. The van der Waals surface area contributed by atoms with Crippen molar-refractivity contribution in [3.05, 3.63) is 0 Å². The fourth-order valence-electron chi connectivity index (χ4n) is 6.71. The van der Waals surface area contributed by atoms with Crippen LogP contribution in [0.25, 0.3) is 0 Å². The molecule has 0 aromatic rings. The van der Waals surface area contributed by atoms with Gasteiger partial charge in [0, 0.05) is 64.9 Å². The molecule has 0 saturated heterocycles. The van der Waals surface area contributed by atoms with Gasteiger partial charge >= 0.3 is 11.9 Å². The summed E-state index contributed by atoms with van der Waals surface area (Å²) in [6.45, 7) is 4.35. The number of carboxylic acid groups (broad SMARTS) is 2. The molecule has 0 bridgehead atoms. The zero-order valence-corrected chi connectivity index (χ0v) is 44.9. The Balaban J connectivity index is -0.00000141. The summed E-state index contributed by atoms with van der Waals surface area (Å²) in [6.07, 6.45) is 21.1. The van der Waals surface area contributed by atoms with Crippen molar-refractivity contribution < 1.29 is 82.5 Å². The number of aliphatic hydroxyl groups is 2. The van der Waals surface area contributed by atoms with Crippen molar-refractivity contribution in [2.75, 3.05) is 93.3 Å². The lowest BCUT2D eigenvalue weighted by Crippen LogP contribution is -2.42. The summed E-state index contributed by atoms with van der Waals surface area (Å²) < 4.78 is 21.1. The number of hydrogen-bond acceptors (Lipinski definition) is 16. The Morgan fingerprint density at radius 3 is 1.39 bits per heavy atom. The van der Waals surface area contributed by atoms with Gasteiger partial charge in [0.25, 0.3) is 0 Å². The zero-order chi connectivity index (χ0) is 55.7. The van der Waals surface area contributed by atoms with E-state index in [2.05, 4.69) is 31.9 Å². The molecule has 5 amide bonds. The predicted octanol–water partition coefficient (Wildman–Crippen LogP) is 2.50. The molecule has 74 heavy (non-hydrogen) atoms. The molecule has 0 fully saturated rings. The van der Waals surface area contributed by atoms with Crippen molar-refractivity contribution in [3.63, 3.8) is 0 Å². The molecule has 0 rings (SSSR count). The van der Waals surface area contributed by atoms with E-state index in [9.17, 15) is 48.3 Å². The van der Waals surface area contributed by atoms with Crippen LogP contribution in [-0.2, 0) is 62.1 Å². The highest BCUT2D eigenvalue weighted by Crippen LogP contribution is 2.14. The molecule has 0 aliphatic rings. The van der Waals surface area contributed by atoms with E-state index >= 15 is 0 Å². The second-order valence-electron chi connectivity index (χ2n) is 17.3. The Hall–Kier alpha value is -4.65. The molecule has 0 radical (unpaired) electrons. The summed E-state index contributed by atoms with van der Waals surface area (Å²) in [5.41, 5.74) is 0. The summed E-state index contributed by atoms with van der Waals surface area (Å²) in [4.78, 5) is 102. The molecule has 3 atom stereocenters. The second kappa shape index (κ2) is 57.6. The maximum absolute atomic E-state index is 12.0. The molecular weight excluding hydrogens is 969 g/mol. The van der Waals surface area contributed by atoms with Gasteiger partial charge in [0.15, 0.2) is 0 Å². The van der Waals surface area contributed by atoms with Gasteiger partial charge < -0.3 is 80.9 Å². The van der Waals surface area contributed by atoms with E-state index in [1.807, 2.05) is 6.92 Å². The van der Waals surface area contributed by atoms with E-state index in [1.54, 1.807) is 7.05 Å². The predicted molar refractivity (Wildman–Crippen MR) is 278 cm³/mol. The zero-order valence-electron chi connectivity index (χ0n) is 44.9. The molecule has 432 valence electrons. The standard InChI is InChI=1S/C27H51N5O11.C23H41NO5.CH4O/c1-3-4-9-29-25(36)19-42-16-15-41-13-11-31-26(37)20-43-17-14-40-12-10-30-23(34)8-6-22(27(38)39)32-24(35)7-5-21(18-33)28-2;25-19-15-16-21(20-26)24-22(27)17-13-11-9-7-5-3-1-2-4-6-8-10-12-14-18-23(28)29;1-2/h21-22,28,33H,3-20H2,1-2H3,(H,29,36)(H,30,34)(H,31,37)(H,32,35)(H,38,39);19-21H,1-18H2,(H,24,27)(H,28,29);2H,1H3/t21-,22-;;/m0../s1. The van der Waals surface area contributed by atoms with Gasteiger partial charge in [0.2, 0.25) is 29.5 Å². The first-order valence-corrected chi connectivity index (χ1v) is 26.6. The molecule has 1 unspecified atom stereocenters. The number of aldehydes is 2. The Morgan fingerprint density at radius 1 is 0.500 bits per heavy atom. The maximum atomic E-state index is 12.0. The molecule has 10 N–H and O–H groups in total. The summed E-state index contributed by atoms with van der Waals surface area (Å²) in [5.74, 6) is -3.34. The van der Waals surface area contributed by atoms with Crippen LogP contribution in [0.4, 0.5) is 0 Å². The molecule has 0 aliphatic carbocycles. The molecule has 0 spiro atoms. The van der Waals surface area contributed by atoms with Gasteiger partial charge in [-0.1, -0.05) is 90.4 Å². The largest absolute Gasteiger partial charge is 0.481 e. The number of carboxylic acids is 2. The third kappa shape index (κ3) is 55.1. The molecule has 0 aliphatic heterocycles. The van der Waals surface area contributed by atoms with Gasteiger partial charge in [-0.3, -0.25) is 28.8 Å². The van der Waals surface area contributed by atoms with Crippen LogP contribution in [0.2, 0.25) is 0 Å². The quantitative estimate of drug-likeness (QED) is 0.0309. The lowest BCUT2D eigenvalue weighted by molar-refractivity contribution is -0.142. The smallest absolute Gasteiger partial charge is 0.326 e. The number of carbonyl (C=O) groups is 9. The highest BCUT2D eigenvalue weighted by Gasteiger charge is 2.21. The monoisotopic (exact) mass is 1060 g/mol. The summed E-state index contributed by atoms with van der Waals surface area (Å²) in [7, 11) is 2.65. The maximum Gasteiger partial charge on any atom is 0.326 e. The first kappa shape index (κ1) is 73.6. The van der Waals surface area contributed by atoms with Crippen LogP contribution in [0.3, 0.4) is 0 Å². The first-order valence-electron chi connectivity index (χ1n) is 26.6. The van der Waals surface area contributed by atoms with Gasteiger partial charge in [0.05, 0.1) is 52.3 Å². The minimum atomic E-state index is -1.24. The Morgan fingerprint density at radius 2 is 0.946 bits per heavy atom. The number of aliphatic hydroxyl groups excluding tert-OH is 2. The minimum absolute atomic E-state index is 0.0110. The van der Waals surface area contributed by atoms with Crippen LogP contribution in [0.1, 0.15) is 161 Å². The molecule has 0 saturated carbocycles. The molecule has 0 aromatic heterocycles. The number of likely N-dealkylation sites (N-methyl/N-ethyl adjacent to an activating group) is 1. The van der Waals surface area contributed by atoms with Gasteiger partial charge in [-0.15, -0.1) is 0 Å². The van der Waals surface area contributed by atoms with E-state index in [0.29, 0.717) is 58.3 Å². The molecule has 0 heterocycles. The summed E-state index contributed by atoms with van der Waals surface area (Å²) >= 11 is 0. The molecule has 0 aromatic carbocycles. The summed E-state index contributed by atoms with van der Waals surface area (Å²) in [6, 6.07) is -1.99. The highest BCUT2D eigenvalue weighted by molar-refractivity contribution is 5.84. The topological polar surface area (TPSA) is 344 Å². The van der Waals surface area contributed by atoms with Crippen LogP contribution in [0.15, 0.2) is 0 Å². The number of amides is 5. The number of aliphatic carboxylic acids is 2. The average Bonchev–Trinajstić information content (AvgIpc) is 3.38. The fraction of sp³-hybridized carbons (Fsp3) is 0.824. The van der Waals surface area contributed by atoms with Gasteiger partial charge in [-0.05, 0) is 45.6 Å². The normalized spacial score (nSPS) is 11.8. The van der Waals surface area contributed by atoms with Crippen LogP contribution in [0.5, 0.6) is 0 Å². The first-order chi connectivity index (χ1) is 35.8. The Kier molecular flexibility index (Phi) is 57.3. The highest BCUT2D eigenvalue weighted by atomic mass is 16.5. The molecular formula is C51H96N6O17. The lowest BCUT2D eigenvalue weighted by Gasteiger charge is -2.16. The SMILES string of the molecule is CCCCNC(=O)COCCOCCNC(=O)COCCOCCNC(=O)CC[C@H](NC(=O)CC[C@@H](CO)NC)C(=O)O.CO.O=CCCC(C=O)NC(=O)CCCCCCCCCCCCCCCCC(=O)O. The van der Waals surface area contributed by atoms with Gasteiger partial charge in [-0.25, -0.2) is 4.79 Å². The third-order valence-corrected chi connectivity index (χ3v) is 11.0. The Bertz CT molecular complexity index is 1430. The fourth-order valence-corrected chi connectivity index (χ4v) is 6.71. The molecule has 23 heteroatoms. The third-order valence-electron chi connectivity index (χ3n) is 11.0. The number of nitrogens with one attached hydrogen (secondary N) is 6. The van der Waals surface area contributed by atoms with E-state index in [4.69, 9.17) is 34.3 Å². The van der Waals surface area contributed by atoms with Crippen LogP contribution in [0, 0.1) is 0 Å². The van der Waals surface area contributed by atoms with Gasteiger partial charge in [0.1, 0.15) is 31.8 Å². The lowest BCUT2D eigenvalue weighted by atomic mass is 10.0. The minimum Gasteiger partial charge on any atom is -0.481 e. The van der Waals surface area contributed by atoms with E-state index in [-0.39, 0.29) is 108 Å². The second-order valence-corrected chi connectivity index (χ2v) is 17.3. The van der Waals surface area contributed by atoms with Crippen molar-refractivity contribution >= 4 is 54.0 Å². The van der Waals surface area contributed by atoms with Gasteiger partial charge in [-0.2, -0.15) is 0 Å². The van der Waals surface area contributed by atoms with Crippen molar-refractivity contribution in [3.8, 4) is 0 Å². The van der Waals surface area contributed by atoms with E-state index in [0.717, 1.165) is 64.8 Å². The van der Waals surface area contributed by atoms with Crippen LogP contribution < -0.4 is 31.9 Å².